The van der Waals surface area contributed by atoms with E-state index in [1.54, 1.807) is 25.2 Å². The van der Waals surface area contributed by atoms with Crippen molar-refractivity contribution >= 4 is 39.3 Å². The number of carbonyl (C=O) groups is 1. The number of aromatic hydroxyl groups is 1. The summed E-state index contributed by atoms with van der Waals surface area (Å²) in [6.45, 7) is 1.70. The minimum atomic E-state index is -4.55. The highest BCUT2D eigenvalue weighted by Crippen LogP contribution is 2.42. The summed E-state index contributed by atoms with van der Waals surface area (Å²) in [6.07, 6.45) is -4.17. The van der Waals surface area contributed by atoms with Crippen LogP contribution >= 0.6 is 11.6 Å². The van der Waals surface area contributed by atoms with Crippen molar-refractivity contribution in [1.82, 2.24) is 14.9 Å². The van der Waals surface area contributed by atoms with Crippen molar-refractivity contribution in [2.75, 3.05) is 6.54 Å². The van der Waals surface area contributed by atoms with Gasteiger partial charge < -0.3 is 20.0 Å². The van der Waals surface area contributed by atoms with E-state index in [0.717, 1.165) is 28.6 Å². The third-order valence-corrected chi connectivity index (χ3v) is 7.34. The second-order valence-electron chi connectivity index (χ2n) is 9.64. The predicted octanol–water partition coefficient (Wildman–Crippen LogP) is 6.26. The fraction of sp³-hybridized carbons (Fsp3) is 0.200. The third kappa shape index (κ3) is 4.93. The standard InChI is InChI=1S/C30H25ClF3N3O3/c1-16(38)35-14-13-21-20-5-3-4-6-23(20)36-27(21)25(17-7-9-18(10-8-17)30(32,33)34)26-28(39)22-15-19(31)11-12-24(22)37(2)29(26)40/h3-12,15,25,36,39H,13-14H2,1-2H3,(H,35,38). The van der Waals surface area contributed by atoms with Gasteiger partial charge in [0.1, 0.15) is 5.75 Å². The molecule has 2 aromatic heterocycles. The molecule has 0 aliphatic rings. The molecule has 6 nitrogen and oxygen atoms in total. The summed E-state index contributed by atoms with van der Waals surface area (Å²) < 4.78 is 41.7. The molecule has 0 aliphatic carbocycles. The van der Waals surface area contributed by atoms with Crippen LogP contribution in [0.5, 0.6) is 5.75 Å². The van der Waals surface area contributed by atoms with Gasteiger partial charge in [0, 0.05) is 47.5 Å². The van der Waals surface area contributed by atoms with Crippen LogP contribution in [0.1, 0.15) is 40.8 Å². The largest absolute Gasteiger partial charge is 0.507 e. The van der Waals surface area contributed by atoms with E-state index in [1.165, 1.54) is 23.6 Å². The Labute approximate surface area is 232 Å². The fourth-order valence-corrected chi connectivity index (χ4v) is 5.40. The Bertz CT molecular complexity index is 1810. The Morgan fingerprint density at radius 2 is 1.77 bits per heavy atom. The Kier molecular flexibility index (Phi) is 7.10. The molecule has 2 heterocycles. The molecule has 0 fully saturated rings. The van der Waals surface area contributed by atoms with E-state index in [0.29, 0.717) is 40.1 Å². The molecule has 0 saturated carbocycles. The van der Waals surface area contributed by atoms with Gasteiger partial charge in [-0.3, -0.25) is 9.59 Å². The number of alkyl halides is 3. The van der Waals surface area contributed by atoms with Gasteiger partial charge in [0.25, 0.3) is 5.56 Å². The van der Waals surface area contributed by atoms with E-state index in [2.05, 4.69) is 10.3 Å². The summed E-state index contributed by atoms with van der Waals surface area (Å²) in [6, 6.07) is 16.7. The van der Waals surface area contributed by atoms with E-state index in [-0.39, 0.29) is 17.2 Å². The number of aryl methyl sites for hydroxylation is 1. The molecule has 0 bridgehead atoms. The predicted molar refractivity (Wildman–Crippen MR) is 149 cm³/mol. The monoisotopic (exact) mass is 567 g/mol. The van der Waals surface area contributed by atoms with E-state index in [9.17, 15) is 27.9 Å². The highest BCUT2D eigenvalue weighted by Gasteiger charge is 2.33. The van der Waals surface area contributed by atoms with Crippen molar-refractivity contribution < 1.29 is 23.1 Å². The van der Waals surface area contributed by atoms with Gasteiger partial charge in [0.2, 0.25) is 5.91 Å². The smallest absolute Gasteiger partial charge is 0.416 e. The highest BCUT2D eigenvalue weighted by atomic mass is 35.5. The zero-order valence-electron chi connectivity index (χ0n) is 21.6. The molecule has 1 amide bonds. The number of amides is 1. The van der Waals surface area contributed by atoms with E-state index in [1.807, 2.05) is 24.3 Å². The lowest BCUT2D eigenvalue weighted by molar-refractivity contribution is -0.137. The Hall–Kier alpha value is -4.24. The van der Waals surface area contributed by atoms with Crippen molar-refractivity contribution in [2.24, 2.45) is 7.05 Å². The zero-order valence-corrected chi connectivity index (χ0v) is 22.3. The maximum absolute atomic E-state index is 13.9. The van der Waals surface area contributed by atoms with Crippen molar-refractivity contribution in [3.05, 3.63) is 110 Å². The number of carbonyl (C=O) groups excluding carboxylic acids is 1. The van der Waals surface area contributed by atoms with Crippen molar-refractivity contribution in [3.63, 3.8) is 0 Å². The summed E-state index contributed by atoms with van der Waals surface area (Å²) in [5.74, 6) is -1.49. The van der Waals surface area contributed by atoms with Gasteiger partial charge in [-0.2, -0.15) is 13.2 Å². The normalized spacial score (nSPS) is 12.7. The molecule has 5 rings (SSSR count). The minimum absolute atomic E-state index is 0.00985. The number of para-hydroxylation sites is 1. The Balaban J connectivity index is 1.83. The van der Waals surface area contributed by atoms with Gasteiger partial charge in [0.15, 0.2) is 0 Å². The van der Waals surface area contributed by atoms with Crippen LogP contribution < -0.4 is 10.9 Å². The molecule has 0 saturated heterocycles. The lowest BCUT2D eigenvalue weighted by Crippen LogP contribution is -2.26. The van der Waals surface area contributed by atoms with Gasteiger partial charge in [0.05, 0.1) is 22.6 Å². The second-order valence-corrected chi connectivity index (χ2v) is 10.1. The maximum atomic E-state index is 13.9. The van der Waals surface area contributed by atoms with Crippen LogP contribution in [0.15, 0.2) is 71.5 Å². The molecule has 5 aromatic rings. The van der Waals surface area contributed by atoms with E-state index < -0.39 is 23.2 Å². The molecule has 0 radical (unpaired) electrons. The van der Waals surface area contributed by atoms with Crippen LogP contribution in [0.2, 0.25) is 5.02 Å². The number of hydrogen-bond donors (Lipinski definition) is 3. The summed E-state index contributed by atoms with van der Waals surface area (Å²) in [4.78, 5) is 28.8. The van der Waals surface area contributed by atoms with Gasteiger partial charge >= 0.3 is 6.18 Å². The molecule has 3 N–H and O–H groups in total. The molecule has 0 aliphatic heterocycles. The zero-order chi connectivity index (χ0) is 28.8. The van der Waals surface area contributed by atoms with Crippen LogP contribution in [0.25, 0.3) is 21.8 Å². The Morgan fingerprint density at radius 3 is 2.45 bits per heavy atom. The maximum Gasteiger partial charge on any atom is 0.416 e. The summed E-state index contributed by atoms with van der Waals surface area (Å²) in [7, 11) is 1.56. The van der Waals surface area contributed by atoms with Crippen LogP contribution in [-0.2, 0) is 24.4 Å². The molecule has 3 aromatic carbocycles. The van der Waals surface area contributed by atoms with E-state index in [4.69, 9.17) is 11.6 Å². The average Bonchev–Trinajstić information content (AvgIpc) is 3.27. The lowest BCUT2D eigenvalue weighted by atomic mass is 9.84. The number of benzene rings is 3. The SMILES string of the molecule is CC(=O)NCCc1c(C(c2ccc(C(F)(F)F)cc2)c2c(O)c3cc(Cl)ccc3n(C)c2=O)[nH]c2ccccc12. The number of H-pyrrole nitrogens is 1. The number of halogens is 4. The van der Waals surface area contributed by atoms with Crippen molar-refractivity contribution in [1.29, 1.82) is 0 Å². The summed E-state index contributed by atoms with van der Waals surface area (Å²) >= 11 is 6.22. The first-order chi connectivity index (χ1) is 19.0. The van der Waals surface area contributed by atoms with Gasteiger partial charge in [-0.05, 0) is 53.9 Å². The third-order valence-electron chi connectivity index (χ3n) is 7.11. The summed E-state index contributed by atoms with van der Waals surface area (Å²) in [5.41, 5.74) is 1.50. The number of nitrogens with zero attached hydrogens (tertiary/aromatic N) is 1. The number of fused-ring (bicyclic) bond motifs is 2. The molecular weight excluding hydrogens is 543 g/mol. The fourth-order valence-electron chi connectivity index (χ4n) is 5.23. The van der Waals surface area contributed by atoms with Crippen LogP contribution in [-0.4, -0.2) is 27.1 Å². The van der Waals surface area contributed by atoms with Gasteiger partial charge in [-0.25, -0.2) is 0 Å². The number of nitrogens with one attached hydrogen (secondary N) is 2. The number of pyridine rings is 1. The average molecular weight is 568 g/mol. The molecular formula is C30H25ClF3N3O3. The number of rotatable bonds is 6. The highest BCUT2D eigenvalue weighted by molar-refractivity contribution is 6.31. The first-order valence-corrected chi connectivity index (χ1v) is 12.9. The van der Waals surface area contributed by atoms with Gasteiger partial charge in [-0.15, -0.1) is 0 Å². The number of aromatic nitrogens is 2. The second kappa shape index (κ2) is 10.4. The van der Waals surface area contributed by atoms with Gasteiger partial charge in [-0.1, -0.05) is 41.9 Å². The molecule has 1 atom stereocenters. The molecule has 206 valence electrons. The Morgan fingerprint density at radius 1 is 1.07 bits per heavy atom. The number of aromatic amines is 1. The minimum Gasteiger partial charge on any atom is -0.507 e. The number of hydrogen-bond acceptors (Lipinski definition) is 3. The summed E-state index contributed by atoms with van der Waals surface area (Å²) in [5, 5.41) is 15.8. The van der Waals surface area contributed by atoms with Crippen LogP contribution in [0.4, 0.5) is 13.2 Å². The first kappa shape index (κ1) is 27.3. The van der Waals surface area contributed by atoms with Crippen molar-refractivity contribution in [3.8, 4) is 5.75 Å². The molecule has 0 spiro atoms. The topological polar surface area (TPSA) is 87.1 Å². The molecule has 10 heteroatoms. The van der Waals surface area contributed by atoms with Crippen LogP contribution in [0.3, 0.4) is 0 Å². The van der Waals surface area contributed by atoms with Crippen molar-refractivity contribution in [2.45, 2.75) is 25.4 Å². The van der Waals surface area contributed by atoms with E-state index >= 15 is 0 Å². The first-order valence-electron chi connectivity index (χ1n) is 12.5. The lowest BCUT2D eigenvalue weighted by Gasteiger charge is -2.22. The van der Waals surface area contributed by atoms with Crippen LogP contribution in [0, 0.1) is 0 Å². The molecule has 40 heavy (non-hydrogen) atoms. The molecule has 1 unspecified atom stereocenters. The quantitative estimate of drug-likeness (QED) is 0.226.